The first kappa shape index (κ1) is 32.7. The highest BCUT2D eigenvalue weighted by molar-refractivity contribution is 7.92. The second kappa shape index (κ2) is 11.8. The summed E-state index contributed by atoms with van der Waals surface area (Å²) < 4.78 is 79.7. The molecule has 2 heterocycles. The molecule has 7 nitrogen and oxygen atoms in total. The molecule has 0 radical (unpaired) electrons. The number of nitrogens with one attached hydrogen (secondary N) is 1. The van der Waals surface area contributed by atoms with Gasteiger partial charge in [-0.1, -0.05) is 44.2 Å². The SMILES string of the molecule is Cc1cccc(C)c1-c1cc2nc(n1)NS(=O)(=O)c1cccc(c1)C([C@@H](C)C[C@]1(C)C[C@@H](CO)C1)[C@H](CC1(C(F)(F)F)CC1)CO2. The van der Waals surface area contributed by atoms with Crippen molar-refractivity contribution in [3.05, 3.63) is 65.2 Å². The Hall–Kier alpha value is -3.18. The third kappa shape index (κ3) is 6.37. The minimum absolute atomic E-state index is 0.00257. The molecule has 11 heteroatoms. The van der Waals surface area contributed by atoms with Crippen molar-refractivity contribution in [2.45, 2.75) is 83.2 Å². The van der Waals surface area contributed by atoms with E-state index in [1.807, 2.05) is 38.1 Å². The molecule has 248 valence electrons. The van der Waals surface area contributed by atoms with Gasteiger partial charge in [0.2, 0.25) is 11.8 Å². The number of halogens is 3. The molecule has 1 unspecified atom stereocenters. The van der Waals surface area contributed by atoms with Crippen LogP contribution in [0, 0.1) is 42.4 Å². The first-order valence-electron chi connectivity index (χ1n) is 16.0. The van der Waals surface area contributed by atoms with Gasteiger partial charge >= 0.3 is 6.18 Å². The van der Waals surface area contributed by atoms with Crippen molar-refractivity contribution in [3.8, 4) is 17.1 Å². The Balaban J connectivity index is 1.46. The van der Waals surface area contributed by atoms with E-state index in [0.29, 0.717) is 11.3 Å². The number of benzene rings is 2. The Bertz CT molecular complexity index is 1700. The average Bonchev–Trinajstić information content (AvgIpc) is 3.75. The molecule has 2 aromatic carbocycles. The number of sulfonamides is 1. The first-order chi connectivity index (χ1) is 21.6. The predicted molar refractivity (Wildman–Crippen MR) is 170 cm³/mol. The van der Waals surface area contributed by atoms with Gasteiger partial charge in [-0.3, -0.25) is 0 Å². The fourth-order valence-corrected chi connectivity index (χ4v) is 9.30. The minimum Gasteiger partial charge on any atom is -0.477 e. The molecule has 0 saturated heterocycles. The third-order valence-corrected chi connectivity index (χ3v) is 11.9. The molecule has 3 aliphatic rings. The summed E-state index contributed by atoms with van der Waals surface area (Å²) in [5.74, 6) is -0.942. The third-order valence-electron chi connectivity index (χ3n) is 10.5. The number of alkyl halides is 3. The van der Waals surface area contributed by atoms with E-state index in [4.69, 9.17) is 4.74 Å². The number of ether oxygens (including phenoxy) is 1. The average molecular weight is 658 g/mol. The summed E-state index contributed by atoms with van der Waals surface area (Å²) in [5, 5.41) is 9.65. The monoisotopic (exact) mass is 657 g/mol. The van der Waals surface area contributed by atoms with Crippen molar-refractivity contribution in [2.24, 2.45) is 28.6 Å². The molecule has 46 heavy (non-hydrogen) atoms. The summed E-state index contributed by atoms with van der Waals surface area (Å²) in [6.45, 7) is 8.17. The number of aliphatic hydroxyl groups excluding tert-OH is 1. The number of nitrogens with zero attached hydrogens (tertiary/aromatic N) is 2. The largest absolute Gasteiger partial charge is 0.477 e. The van der Waals surface area contributed by atoms with E-state index in [9.17, 15) is 26.7 Å². The molecule has 3 atom stereocenters. The van der Waals surface area contributed by atoms with Crippen LogP contribution in [-0.4, -0.2) is 42.9 Å². The van der Waals surface area contributed by atoms with Gasteiger partial charge in [0.05, 0.1) is 22.6 Å². The van der Waals surface area contributed by atoms with Gasteiger partial charge in [-0.05, 0) is 104 Å². The van der Waals surface area contributed by atoms with Crippen molar-refractivity contribution < 1.29 is 31.4 Å². The molecule has 1 aliphatic heterocycles. The maximum Gasteiger partial charge on any atom is 0.394 e. The topological polar surface area (TPSA) is 101 Å². The van der Waals surface area contributed by atoms with Crippen molar-refractivity contribution in [2.75, 3.05) is 17.9 Å². The summed E-state index contributed by atoms with van der Waals surface area (Å²) in [5.41, 5.74) is 1.93. The smallest absolute Gasteiger partial charge is 0.394 e. The lowest BCUT2D eigenvalue weighted by Gasteiger charge is -2.48. The Morgan fingerprint density at radius 1 is 1.07 bits per heavy atom. The number of hydrogen-bond acceptors (Lipinski definition) is 6. The molecule has 1 aromatic heterocycles. The predicted octanol–water partition coefficient (Wildman–Crippen LogP) is 7.82. The summed E-state index contributed by atoms with van der Waals surface area (Å²) in [7, 11) is -4.16. The van der Waals surface area contributed by atoms with Gasteiger partial charge in [0, 0.05) is 24.2 Å². The van der Waals surface area contributed by atoms with E-state index in [2.05, 4.69) is 28.5 Å². The zero-order chi connectivity index (χ0) is 33.1. The highest BCUT2D eigenvalue weighted by Crippen LogP contribution is 2.63. The van der Waals surface area contributed by atoms with Crippen LogP contribution in [0.3, 0.4) is 0 Å². The highest BCUT2D eigenvalue weighted by atomic mass is 32.2. The molecule has 0 amide bonds. The Kier molecular flexibility index (Phi) is 8.41. The summed E-state index contributed by atoms with van der Waals surface area (Å²) >= 11 is 0. The summed E-state index contributed by atoms with van der Waals surface area (Å²) in [6.07, 6.45) is -1.93. The van der Waals surface area contributed by atoms with Crippen molar-refractivity contribution in [1.82, 2.24) is 9.97 Å². The molecule has 0 spiro atoms. The zero-order valence-electron chi connectivity index (χ0n) is 26.7. The van der Waals surface area contributed by atoms with E-state index in [0.717, 1.165) is 36.0 Å². The maximum atomic E-state index is 14.5. The lowest BCUT2D eigenvalue weighted by molar-refractivity contribution is -0.193. The molecular weight excluding hydrogens is 615 g/mol. The first-order valence-corrected chi connectivity index (χ1v) is 17.5. The molecule has 3 aromatic rings. The number of rotatable bonds is 7. The van der Waals surface area contributed by atoms with Crippen LogP contribution in [0.1, 0.15) is 75.0 Å². The van der Waals surface area contributed by atoms with Gasteiger partial charge < -0.3 is 9.84 Å². The van der Waals surface area contributed by atoms with Gasteiger partial charge in [-0.2, -0.15) is 18.2 Å². The quantitative estimate of drug-likeness (QED) is 0.269. The summed E-state index contributed by atoms with van der Waals surface area (Å²) in [6, 6.07) is 13.9. The fraction of sp³-hybridized carbons (Fsp3) is 0.543. The van der Waals surface area contributed by atoms with Crippen LogP contribution in [0.25, 0.3) is 11.3 Å². The minimum atomic E-state index is -4.36. The Morgan fingerprint density at radius 2 is 1.74 bits per heavy atom. The van der Waals surface area contributed by atoms with Crippen molar-refractivity contribution >= 4 is 16.0 Å². The molecular formula is C35H42F3N3O4S. The van der Waals surface area contributed by atoms with Crippen LogP contribution in [0.15, 0.2) is 53.4 Å². The van der Waals surface area contributed by atoms with E-state index < -0.39 is 33.5 Å². The number of hydrogen-bond donors (Lipinski definition) is 2. The lowest BCUT2D eigenvalue weighted by atomic mass is 9.58. The van der Waals surface area contributed by atoms with Crippen LogP contribution < -0.4 is 9.46 Å². The van der Waals surface area contributed by atoms with E-state index in [1.165, 1.54) is 6.07 Å². The highest BCUT2D eigenvalue weighted by Gasteiger charge is 2.64. The van der Waals surface area contributed by atoms with Gasteiger partial charge in [0.25, 0.3) is 10.0 Å². The van der Waals surface area contributed by atoms with Crippen molar-refractivity contribution in [1.29, 1.82) is 0 Å². The maximum absolute atomic E-state index is 14.5. The summed E-state index contributed by atoms with van der Waals surface area (Å²) in [4.78, 5) is 8.92. The zero-order valence-corrected chi connectivity index (χ0v) is 27.5. The molecule has 6 rings (SSSR count). The Morgan fingerprint density at radius 3 is 2.37 bits per heavy atom. The van der Waals surface area contributed by atoms with E-state index in [-0.39, 0.29) is 66.5 Å². The van der Waals surface area contributed by atoms with Crippen LogP contribution >= 0.6 is 0 Å². The fourth-order valence-electron chi connectivity index (χ4n) is 8.30. The lowest BCUT2D eigenvalue weighted by Crippen LogP contribution is -2.40. The number of aliphatic hydroxyl groups is 1. The van der Waals surface area contributed by atoms with Crippen LogP contribution in [0.2, 0.25) is 0 Å². The van der Waals surface area contributed by atoms with Crippen LogP contribution in [-0.2, 0) is 10.0 Å². The van der Waals surface area contributed by atoms with Gasteiger partial charge in [-0.25, -0.2) is 18.1 Å². The number of aryl methyl sites for hydroxylation is 2. The van der Waals surface area contributed by atoms with E-state index >= 15 is 0 Å². The van der Waals surface area contributed by atoms with Gasteiger partial charge in [0.1, 0.15) is 0 Å². The number of anilines is 1. The van der Waals surface area contributed by atoms with Gasteiger partial charge in [-0.15, -0.1) is 0 Å². The van der Waals surface area contributed by atoms with Crippen LogP contribution in [0.4, 0.5) is 19.1 Å². The van der Waals surface area contributed by atoms with E-state index in [1.54, 1.807) is 18.2 Å². The molecule has 2 fully saturated rings. The molecule has 2 saturated carbocycles. The Labute approximate surface area is 269 Å². The number of fused-ring (bicyclic) bond motifs is 4. The van der Waals surface area contributed by atoms with Gasteiger partial charge in [0.15, 0.2) is 0 Å². The van der Waals surface area contributed by atoms with Crippen molar-refractivity contribution in [3.63, 3.8) is 0 Å². The van der Waals surface area contributed by atoms with Crippen LogP contribution in [0.5, 0.6) is 5.88 Å². The molecule has 2 N–H and O–H groups in total. The second-order valence-corrected chi connectivity index (χ2v) is 16.1. The second-order valence-electron chi connectivity index (χ2n) is 14.4. The molecule has 4 bridgehead atoms. The normalized spacial score (nSPS) is 27.2. The standard InChI is InChI=1S/C35H42F3N3O4S/c1-21-7-5-8-22(2)30(21)28-14-29-40-32(39-28)41-46(43,44)27-10-6-9-25(13-27)31(23(3)15-33(4)16-24(17-33)19-42)26(20-45-29)18-34(11-12-34)35(36,37)38/h5-10,13-14,23-24,26,31,42H,11-12,15-20H2,1-4H3,(H,39,40,41)/t23-,24-,26+,31?,33-/m0/s1. The number of aromatic nitrogens is 2. The molecule has 2 aliphatic carbocycles.